The standard InChI is InChI=1S/C20H21N3O.C2H6/c1-3-7-15(8-4-1)18(16-9-5-2-6-10-16)19-22-20(24-23-19)17-11-13-21-14-12-17;1-2/h1-10,17-18,21H,11-14H2;1-2H3. The Morgan fingerprint density at radius 2 is 1.42 bits per heavy atom. The van der Waals surface area contributed by atoms with Gasteiger partial charge in [0.1, 0.15) is 0 Å². The summed E-state index contributed by atoms with van der Waals surface area (Å²) in [5, 5.41) is 7.71. The van der Waals surface area contributed by atoms with Crippen LogP contribution in [0.1, 0.15) is 61.4 Å². The van der Waals surface area contributed by atoms with Crippen molar-refractivity contribution in [2.75, 3.05) is 13.1 Å². The van der Waals surface area contributed by atoms with Gasteiger partial charge in [0.25, 0.3) is 0 Å². The molecule has 4 rings (SSSR count). The highest BCUT2D eigenvalue weighted by atomic mass is 16.5. The van der Waals surface area contributed by atoms with E-state index in [0.29, 0.717) is 5.92 Å². The summed E-state index contributed by atoms with van der Waals surface area (Å²) in [5.41, 5.74) is 2.36. The number of aromatic nitrogens is 2. The van der Waals surface area contributed by atoms with E-state index in [4.69, 9.17) is 9.51 Å². The SMILES string of the molecule is CC.c1ccc(C(c2ccccc2)c2noc(C3CCNCC3)n2)cc1. The van der Waals surface area contributed by atoms with Gasteiger partial charge in [0, 0.05) is 5.92 Å². The molecular formula is C22H27N3O. The van der Waals surface area contributed by atoms with Crippen molar-refractivity contribution >= 4 is 0 Å². The molecule has 0 spiro atoms. The molecule has 0 aliphatic carbocycles. The van der Waals surface area contributed by atoms with Crippen molar-refractivity contribution in [1.29, 1.82) is 0 Å². The average Bonchev–Trinajstić information content (AvgIpc) is 3.22. The van der Waals surface area contributed by atoms with E-state index < -0.39 is 0 Å². The van der Waals surface area contributed by atoms with Gasteiger partial charge in [-0.1, -0.05) is 79.7 Å². The number of piperidine rings is 1. The van der Waals surface area contributed by atoms with Gasteiger partial charge in [-0.3, -0.25) is 0 Å². The summed E-state index contributed by atoms with van der Waals surface area (Å²) >= 11 is 0. The summed E-state index contributed by atoms with van der Waals surface area (Å²) in [6.45, 7) is 6.03. The summed E-state index contributed by atoms with van der Waals surface area (Å²) < 4.78 is 5.64. The topological polar surface area (TPSA) is 51.0 Å². The second-order valence-electron chi connectivity index (χ2n) is 6.27. The molecule has 3 aromatic rings. The molecule has 136 valence electrons. The highest BCUT2D eigenvalue weighted by molar-refractivity contribution is 5.37. The third-order valence-electron chi connectivity index (χ3n) is 4.67. The Morgan fingerprint density at radius 1 is 0.885 bits per heavy atom. The van der Waals surface area contributed by atoms with Crippen LogP contribution in [0.2, 0.25) is 0 Å². The third kappa shape index (κ3) is 4.20. The van der Waals surface area contributed by atoms with Gasteiger partial charge in [0.15, 0.2) is 5.82 Å². The molecule has 0 bridgehead atoms. The molecule has 1 fully saturated rings. The summed E-state index contributed by atoms with van der Waals surface area (Å²) in [6, 6.07) is 20.8. The smallest absolute Gasteiger partial charge is 0.229 e. The van der Waals surface area contributed by atoms with Crippen LogP contribution in [-0.4, -0.2) is 23.2 Å². The number of nitrogens with zero attached hydrogens (tertiary/aromatic N) is 2. The maximum absolute atomic E-state index is 5.64. The molecule has 2 heterocycles. The van der Waals surface area contributed by atoms with Crippen LogP contribution in [0.3, 0.4) is 0 Å². The van der Waals surface area contributed by atoms with Crippen molar-refractivity contribution in [3.8, 4) is 0 Å². The molecule has 4 nitrogen and oxygen atoms in total. The summed E-state index contributed by atoms with van der Waals surface area (Å²) in [4.78, 5) is 4.78. The molecule has 4 heteroatoms. The molecule has 0 atom stereocenters. The lowest BCUT2D eigenvalue weighted by molar-refractivity contribution is 0.318. The normalized spacial score (nSPS) is 14.7. The molecule has 0 saturated carbocycles. The first-order valence-corrected chi connectivity index (χ1v) is 9.56. The van der Waals surface area contributed by atoms with Gasteiger partial charge in [-0.05, 0) is 37.1 Å². The summed E-state index contributed by atoms with van der Waals surface area (Å²) in [6.07, 6.45) is 2.12. The lowest BCUT2D eigenvalue weighted by Gasteiger charge is -2.18. The maximum Gasteiger partial charge on any atom is 0.229 e. The van der Waals surface area contributed by atoms with E-state index in [1.165, 1.54) is 11.1 Å². The van der Waals surface area contributed by atoms with Crippen LogP contribution in [0.15, 0.2) is 65.2 Å². The fourth-order valence-electron chi connectivity index (χ4n) is 3.38. The van der Waals surface area contributed by atoms with Gasteiger partial charge < -0.3 is 9.84 Å². The van der Waals surface area contributed by atoms with E-state index in [0.717, 1.165) is 37.6 Å². The van der Waals surface area contributed by atoms with E-state index in [-0.39, 0.29) is 5.92 Å². The van der Waals surface area contributed by atoms with Crippen LogP contribution in [0.25, 0.3) is 0 Å². The highest BCUT2D eigenvalue weighted by Crippen LogP contribution is 2.32. The number of benzene rings is 2. The van der Waals surface area contributed by atoms with Crippen molar-refractivity contribution in [3.63, 3.8) is 0 Å². The van der Waals surface area contributed by atoms with Gasteiger partial charge in [0.05, 0.1) is 5.92 Å². The van der Waals surface area contributed by atoms with E-state index >= 15 is 0 Å². The van der Waals surface area contributed by atoms with Crippen LogP contribution in [0, 0.1) is 0 Å². The molecule has 1 saturated heterocycles. The molecule has 1 aromatic heterocycles. The van der Waals surface area contributed by atoms with Gasteiger partial charge in [-0.2, -0.15) is 4.98 Å². The van der Waals surface area contributed by atoms with Crippen molar-refractivity contribution in [3.05, 3.63) is 83.5 Å². The Balaban J connectivity index is 0.000000948. The molecule has 1 N–H and O–H groups in total. The third-order valence-corrected chi connectivity index (χ3v) is 4.67. The minimum atomic E-state index is 0.00613. The fraction of sp³-hybridized carbons (Fsp3) is 0.364. The van der Waals surface area contributed by atoms with Crippen LogP contribution >= 0.6 is 0 Å². The summed E-state index contributed by atoms with van der Waals surface area (Å²) in [7, 11) is 0. The maximum atomic E-state index is 5.64. The number of rotatable bonds is 4. The van der Waals surface area contributed by atoms with E-state index in [1.807, 2.05) is 26.0 Å². The van der Waals surface area contributed by atoms with E-state index in [9.17, 15) is 0 Å². The summed E-state index contributed by atoms with van der Waals surface area (Å²) in [5.74, 6) is 1.91. The predicted molar refractivity (Wildman–Crippen MR) is 104 cm³/mol. The first-order chi connectivity index (χ1) is 12.9. The minimum absolute atomic E-state index is 0.00613. The van der Waals surface area contributed by atoms with Crippen molar-refractivity contribution < 1.29 is 4.52 Å². The second-order valence-corrected chi connectivity index (χ2v) is 6.27. The molecule has 26 heavy (non-hydrogen) atoms. The lowest BCUT2D eigenvalue weighted by atomic mass is 9.90. The Labute approximate surface area is 155 Å². The first kappa shape index (κ1) is 18.3. The molecule has 1 aliphatic heterocycles. The van der Waals surface area contributed by atoms with Crippen molar-refractivity contribution in [2.24, 2.45) is 0 Å². The Hall–Kier alpha value is -2.46. The predicted octanol–water partition coefficient (Wildman–Crippen LogP) is 4.74. The van der Waals surface area contributed by atoms with Crippen LogP contribution in [-0.2, 0) is 0 Å². The molecule has 1 aliphatic rings. The molecule has 0 unspecified atom stereocenters. The van der Waals surface area contributed by atoms with Gasteiger partial charge in [-0.15, -0.1) is 0 Å². The Morgan fingerprint density at radius 3 is 1.96 bits per heavy atom. The monoisotopic (exact) mass is 349 g/mol. The Bertz CT molecular complexity index is 725. The van der Waals surface area contributed by atoms with Gasteiger partial charge in [-0.25, -0.2) is 0 Å². The van der Waals surface area contributed by atoms with E-state index in [2.05, 4.69) is 59.0 Å². The van der Waals surface area contributed by atoms with Gasteiger partial charge >= 0.3 is 0 Å². The zero-order chi connectivity index (χ0) is 18.2. The fourth-order valence-corrected chi connectivity index (χ4v) is 3.38. The number of hydrogen-bond acceptors (Lipinski definition) is 4. The molecular weight excluding hydrogens is 322 g/mol. The molecule has 0 amide bonds. The van der Waals surface area contributed by atoms with E-state index in [1.54, 1.807) is 0 Å². The van der Waals surface area contributed by atoms with Gasteiger partial charge in [0.2, 0.25) is 5.89 Å². The Kier molecular flexibility index (Phi) is 6.56. The zero-order valence-electron chi connectivity index (χ0n) is 15.6. The lowest BCUT2D eigenvalue weighted by Crippen LogP contribution is -2.26. The van der Waals surface area contributed by atoms with Crippen molar-refractivity contribution in [1.82, 2.24) is 15.5 Å². The first-order valence-electron chi connectivity index (χ1n) is 9.56. The zero-order valence-corrected chi connectivity index (χ0v) is 15.6. The largest absolute Gasteiger partial charge is 0.339 e. The van der Waals surface area contributed by atoms with Crippen LogP contribution < -0.4 is 5.32 Å². The number of hydrogen-bond donors (Lipinski definition) is 1. The quantitative estimate of drug-likeness (QED) is 0.739. The minimum Gasteiger partial charge on any atom is -0.339 e. The molecule has 2 aromatic carbocycles. The molecule has 0 radical (unpaired) electrons. The number of nitrogens with one attached hydrogen (secondary N) is 1. The second kappa shape index (κ2) is 9.30. The highest BCUT2D eigenvalue weighted by Gasteiger charge is 2.26. The van der Waals surface area contributed by atoms with Crippen molar-refractivity contribution in [2.45, 2.75) is 38.5 Å². The van der Waals surface area contributed by atoms with Crippen LogP contribution in [0.5, 0.6) is 0 Å². The van der Waals surface area contributed by atoms with Crippen LogP contribution in [0.4, 0.5) is 0 Å². The average molecular weight is 349 g/mol.